The first-order chi connectivity index (χ1) is 14.9. The van der Waals surface area contributed by atoms with Crippen molar-refractivity contribution in [3.05, 3.63) is 102 Å². The molecule has 0 saturated heterocycles. The van der Waals surface area contributed by atoms with Gasteiger partial charge in [0, 0.05) is 48.9 Å². The van der Waals surface area contributed by atoms with Crippen molar-refractivity contribution in [3.63, 3.8) is 0 Å². The number of alkyl halides is 3. The van der Waals surface area contributed by atoms with E-state index >= 15 is 0 Å². The van der Waals surface area contributed by atoms with E-state index in [4.69, 9.17) is 0 Å². The van der Waals surface area contributed by atoms with Gasteiger partial charge in [-0.3, -0.25) is 19.7 Å². The van der Waals surface area contributed by atoms with Crippen LogP contribution in [0.1, 0.15) is 34.7 Å². The van der Waals surface area contributed by atoms with Gasteiger partial charge >= 0.3 is 6.18 Å². The van der Waals surface area contributed by atoms with E-state index < -0.39 is 17.7 Å². The SMILES string of the molecule is O=C(Cc1cccnc1)C[C@@H](c1cnc2ccccc2c1)c1ncccc1C(F)(F)F. The van der Waals surface area contributed by atoms with Gasteiger partial charge < -0.3 is 0 Å². The van der Waals surface area contributed by atoms with Gasteiger partial charge in [0.1, 0.15) is 5.78 Å². The van der Waals surface area contributed by atoms with Gasteiger partial charge in [0.15, 0.2) is 0 Å². The summed E-state index contributed by atoms with van der Waals surface area (Å²) in [5, 5.41) is 0.786. The Kier molecular flexibility index (Phi) is 5.75. The summed E-state index contributed by atoms with van der Waals surface area (Å²) in [6.07, 6.45) is 1.39. The summed E-state index contributed by atoms with van der Waals surface area (Å²) in [5.41, 5.74) is 0.931. The highest BCUT2D eigenvalue weighted by atomic mass is 19.4. The van der Waals surface area contributed by atoms with Gasteiger partial charge in [-0.25, -0.2) is 0 Å². The number of nitrogens with zero attached hydrogens (tertiary/aromatic N) is 3. The monoisotopic (exact) mass is 421 g/mol. The smallest absolute Gasteiger partial charge is 0.299 e. The number of carbonyl (C=O) groups excluding carboxylic acids is 1. The Morgan fingerprint density at radius 2 is 1.74 bits per heavy atom. The van der Waals surface area contributed by atoms with Gasteiger partial charge in [-0.2, -0.15) is 13.2 Å². The van der Waals surface area contributed by atoms with Crippen molar-refractivity contribution in [1.29, 1.82) is 0 Å². The van der Waals surface area contributed by atoms with E-state index in [-0.39, 0.29) is 24.3 Å². The summed E-state index contributed by atoms with van der Waals surface area (Å²) >= 11 is 0. The third kappa shape index (κ3) is 4.77. The number of benzene rings is 1. The third-order valence-corrected chi connectivity index (χ3v) is 5.04. The Morgan fingerprint density at radius 3 is 2.52 bits per heavy atom. The summed E-state index contributed by atoms with van der Waals surface area (Å²) in [6, 6.07) is 14.8. The van der Waals surface area contributed by atoms with E-state index in [1.807, 2.05) is 24.3 Å². The highest BCUT2D eigenvalue weighted by molar-refractivity contribution is 5.83. The quantitative estimate of drug-likeness (QED) is 0.420. The number of ketones is 1. The first-order valence-corrected chi connectivity index (χ1v) is 9.69. The molecule has 3 aromatic heterocycles. The van der Waals surface area contributed by atoms with Crippen LogP contribution in [0, 0.1) is 0 Å². The topological polar surface area (TPSA) is 55.7 Å². The van der Waals surface area contributed by atoms with Crippen molar-refractivity contribution < 1.29 is 18.0 Å². The van der Waals surface area contributed by atoms with Crippen LogP contribution in [0.15, 0.2) is 79.4 Å². The number of pyridine rings is 3. The Balaban J connectivity index is 1.76. The minimum Gasteiger partial charge on any atom is -0.299 e. The second-order valence-electron chi connectivity index (χ2n) is 7.23. The van der Waals surface area contributed by atoms with Gasteiger partial charge in [-0.1, -0.05) is 24.3 Å². The maximum atomic E-state index is 13.7. The van der Waals surface area contributed by atoms with Crippen LogP contribution >= 0.6 is 0 Å². The summed E-state index contributed by atoms with van der Waals surface area (Å²) in [5.74, 6) is -1.08. The zero-order valence-corrected chi connectivity index (χ0v) is 16.4. The molecule has 0 aliphatic heterocycles. The molecule has 7 heteroatoms. The summed E-state index contributed by atoms with van der Waals surface area (Å²) in [4.78, 5) is 25.3. The molecule has 4 nitrogen and oxygen atoms in total. The van der Waals surface area contributed by atoms with Crippen LogP contribution in [0.25, 0.3) is 10.9 Å². The molecule has 0 saturated carbocycles. The first-order valence-electron chi connectivity index (χ1n) is 9.69. The number of fused-ring (bicyclic) bond motifs is 1. The molecule has 0 aliphatic carbocycles. The molecule has 0 N–H and O–H groups in total. The second kappa shape index (κ2) is 8.63. The van der Waals surface area contributed by atoms with E-state index in [0.29, 0.717) is 11.1 Å². The van der Waals surface area contributed by atoms with Crippen LogP contribution in [-0.2, 0) is 17.4 Å². The highest BCUT2D eigenvalue weighted by Crippen LogP contribution is 2.38. The Bertz CT molecular complexity index is 1210. The van der Waals surface area contributed by atoms with Gasteiger partial charge in [0.05, 0.1) is 16.8 Å². The fraction of sp³-hybridized carbons (Fsp3) is 0.167. The van der Waals surface area contributed by atoms with E-state index in [9.17, 15) is 18.0 Å². The van der Waals surface area contributed by atoms with Gasteiger partial charge in [-0.05, 0) is 41.5 Å². The molecule has 156 valence electrons. The Morgan fingerprint density at radius 1 is 0.935 bits per heavy atom. The molecule has 31 heavy (non-hydrogen) atoms. The lowest BCUT2D eigenvalue weighted by Gasteiger charge is -2.21. The zero-order chi connectivity index (χ0) is 21.8. The van der Waals surface area contributed by atoms with E-state index in [0.717, 1.165) is 17.0 Å². The fourth-order valence-electron chi connectivity index (χ4n) is 3.62. The molecule has 1 aromatic carbocycles. The lowest BCUT2D eigenvalue weighted by molar-refractivity contribution is -0.138. The number of rotatable bonds is 6. The average molecular weight is 421 g/mol. The Labute approximate surface area is 176 Å². The summed E-state index contributed by atoms with van der Waals surface area (Å²) < 4.78 is 41.1. The molecule has 4 aromatic rings. The molecule has 0 spiro atoms. The molecule has 0 radical (unpaired) electrons. The van der Waals surface area contributed by atoms with Crippen molar-refractivity contribution in [2.75, 3.05) is 0 Å². The van der Waals surface area contributed by atoms with Crippen LogP contribution in [0.5, 0.6) is 0 Å². The Hall–Kier alpha value is -3.61. The highest BCUT2D eigenvalue weighted by Gasteiger charge is 2.37. The van der Waals surface area contributed by atoms with E-state index in [1.165, 1.54) is 18.5 Å². The zero-order valence-electron chi connectivity index (χ0n) is 16.4. The predicted molar refractivity (Wildman–Crippen MR) is 110 cm³/mol. The van der Waals surface area contributed by atoms with Gasteiger partial charge in [0.2, 0.25) is 0 Å². The lowest BCUT2D eigenvalue weighted by Crippen LogP contribution is -2.18. The van der Waals surface area contributed by atoms with Crippen molar-refractivity contribution in [2.45, 2.75) is 24.9 Å². The molecule has 0 amide bonds. The van der Waals surface area contributed by atoms with Gasteiger partial charge in [0.25, 0.3) is 0 Å². The third-order valence-electron chi connectivity index (χ3n) is 5.04. The molecule has 0 fully saturated rings. The van der Waals surface area contributed by atoms with Crippen molar-refractivity contribution in [2.24, 2.45) is 0 Å². The lowest BCUT2D eigenvalue weighted by atomic mass is 9.87. The number of halogens is 3. The van der Waals surface area contributed by atoms with Crippen molar-refractivity contribution in [3.8, 4) is 0 Å². The summed E-state index contributed by atoms with van der Waals surface area (Å²) in [7, 11) is 0. The fourth-order valence-corrected chi connectivity index (χ4v) is 3.62. The molecule has 1 atom stereocenters. The van der Waals surface area contributed by atoms with E-state index in [1.54, 1.807) is 30.6 Å². The molecule has 3 heterocycles. The largest absolute Gasteiger partial charge is 0.418 e. The molecular weight excluding hydrogens is 403 g/mol. The first kappa shape index (κ1) is 20.7. The van der Waals surface area contributed by atoms with Crippen LogP contribution in [0.3, 0.4) is 0 Å². The van der Waals surface area contributed by atoms with E-state index in [2.05, 4.69) is 15.0 Å². The summed E-state index contributed by atoms with van der Waals surface area (Å²) in [6.45, 7) is 0. The van der Waals surface area contributed by atoms with Crippen LogP contribution in [-0.4, -0.2) is 20.7 Å². The molecule has 4 rings (SSSR count). The molecule has 0 aliphatic rings. The van der Waals surface area contributed by atoms with Crippen molar-refractivity contribution >= 4 is 16.7 Å². The molecule has 0 bridgehead atoms. The van der Waals surface area contributed by atoms with Crippen LogP contribution in [0.4, 0.5) is 13.2 Å². The molecule has 0 unspecified atom stereocenters. The number of aromatic nitrogens is 3. The number of carbonyl (C=O) groups is 1. The number of para-hydroxylation sites is 1. The van der Waals surface area contributed by atoms with Crippen LogP contribution in [0.2, 0.25) is 0 Å². The number of Topliss-reactive ketones (excluding diaryl/α,β-unsaturated/α-hetero) is 1. The van der Waals surface area contributed by atoms with Crippen LogP contribution < -0.4 is 0 Å². The number of hydrogen-bond acceptors (Lipinski definition) is 4. The second-order valence-corrected chi connectivity index (χ2v) is 7.23. The van der Waals surface area contributed by atoms with Crippen molar-refractivity contribution in [1.82, 2.24) is 15.0 Å². The van der Waals surface area contributed by atoms with Gasteiger partial charge in [-0.15, -0.1) is 0 Å². The predicted octanol–water partition coefficient (Wildman–Crippen LogP) is 5.38. The maximum Gasteiger partial charge on any atom is 0.418 e. The minimum atomic E-state index is -4.58. The number of hydrogen-bond donors (Lipinski definition) is 0. The molecular formula is C24H18F3N3O. The average Bonchev–Trinajstić information content (AvgIpc) is 2.77. The minimum absolute atomic E-state index is 0.0829. The normalized spacial score (nSPS) is 12.6. The maximum absolute atomic E-state index is 13.7. The standard InChI is InChI=1S/C24H18F3N3O/c25-24(26,27)21-7-4-10-29-23(21)20(13-19(31)11-16-5-3-9-28-14-16)18-12-17-6-1-2-8-22(17)30-15-18/h1-10,12,14-15,20H,11,13H2/t20-/m0/s1.